The molecule has 1 aliphatic rings. The summed E-state index contributed by atoms with van der Waals surface area (Å²) in [7, 11) is 1.63. The fourth-order valence-electron chi connectivity index (χ4n) is 2.70. The van der Waals surface area contributed by atoms with Crippen molar-refractivity contribution in [3.8, 4) is 16.2 Å². The maximum Gasteiger partial charge on any atom is 0.164 e. The molecule has 2 nitrogen and oxygen atoms in total. The first-order valence-corrected chi connectivity index (χ1v) is 7.37. The molecule has 1 aromatic carbocycles. The van der Waals surface area contributed by atoms with E-state index in [1.54, 1.807) is 25.4 Å². The van der Waals surface area contributed by atoms with Crippen molar-refractivity contribution < 1.29 is 9.53 Å². The summed E-state index contributed by atoms with van der Waals surface area (Å²) in [6.07, 6.45) is 3.60. The predicted molar refractivity (Wildman–Crippen MR) is 78.3 cm³/mol. The number of ketones is 1. The van der Waals surface area contributed by atoms with E-state index >= 15 is 0 Å². The Bertz CT molecular complexity index is 640. The van der Waals surface area contributed by atoms with Crippen molar-refractivity contribution in [3.05, 3.63) is 40.3 Å². The third-order valence-corrected chi connectivity index (χ3v) is 4.70. The minimum Gasteiger partial charge on any atom is -0.494 e. The Morgan fingerprint density at radius 1 is 1.26 bits per heavy atom. The normalized spacial score (nSPS) is 13.4. The van der Waals surface area contributed by atoms with Gasteiger partial charge in [-0.3, -0.25) is 4.79 Å². The second-order valence-electron chi connectivity index (χ2n) is 4.90. The molecule has 0 saturated carbocycles. The third-order valence-electron chi connectivity index (χ3n) is 3.69. The molecule has 0 fully saturated rings. The topological polar surface area (TPSA) is 26.3 Å². The van der Waals surface area contributed by atoms with Crippen LogP contribution in [0.25, 0.3) is 10.4 Å². The zero-order valence-electron chi connectivity index (χ0n) is 11.2. The van der Waals surface area contributed by atoms with Gasteiger partial charge in [-0.05, 0) is 48.9 Å². The molecule has 0 saturated heterocycles. The van der Waals surface area contributed by atoms with Gasteiger partial charge in [-0.1, -0.05) is 12.1 Å². The standard InChI is InChI=1S/C16H16O2S/c1-10(17)14-9-19-16(15(14)18-2)13-7-6-11-4-3-5-12(11)8-13/h6-9H,3-5H2,1-2H3. The van der Waals surface area contributed by atoms with Crippen LogP contribution in [0.2, 0.25) is 0 Å². The van der Waals surface area contributed by atoms with Crippen molar-refractivity contribution in [2.75, 3.05) is 7.11 Å². The van der Waals surface area contributed by atoms with Crippen molar-refractivity contribution in [1.82, 2.24) is 0 Å². The van der Waals surface area contributed by atoms with Crippen LogP contribution < -0.4 is 4.74 Å². The van der Waals surface area contributed by atoms with Gasteiger partial charge in [0.25, 0.3) is 0 Å². The van der Waals surface area contributed by atoms with E-state index in [9.17, 15) is 4.79 Å². The molecule has 98 valence electrons. The highest BCUT2D eigenvalue weighted by Crippen LogP contribution is 2.40. The Morgan fingerprint density at radius 3 is 2.79 bits per heavy atom. The summed E-state index contributed by atoms with van der Waals surface area (Å²) in [5.74, 6) is 0.774. The number of methoxy groups -OCH3 is 1. The lowest BCUT2D eigenvalue weighted by Gasteiger charge is -2.07. The van der Waals surface area contributed by atoms with Gasteiger partial charge in [-0.25, -0.2) is 0 Å². The van der Waals surface area contributed by atoms with Crippen LogP contribution in [0.5, 0.6) is 5.75 Å². The second kappa shape index (κ2) is 4.82. The minimum atomic E-state index is 0.0560. The number of hydrogen-bond donors (Lipinski definition) is 0. The summed E-state index contributed by atoms with van der Waals surface area (Å²) in [6, 6.07) is 6.60. The summed E-state index contributed by atoms with van der Waals surface area (Å²) in [5.41, 5.74) is 4.75. The van der Waals surface area contributed by atoms with E-state index in [1.807, 2.05) is 5.38 Å². The Kier molecular flexibility index (Phi) is 3.15. The summed E-state index contributed by atoms with van der Waals surface area (Å²) in [6.45, 7) is 1.58. The molecule has 0 N–H and O–H groups in total. The molecule has 0 atom stereocenters. The number of thiophene rings is 1. The molecule has 3 rings (SSSR count). The Labute approximate surface area is 117 Å². The average molecular weight is 272 g/mol. The molecule has 19 heavy (non-hydrogen) atoms. The zero-order chi connectivity index (χ0) is 13.4. The Morgan fingerprint density at radius 2 is 2.05 bits per heavy atom. The lowest BCUT2D eigenvalue weighted by Crippen LogP contribution is -1.94. The lowest BCUT2D eigenvalue weighted by molar-refractivity contribution is 0.101. The number of carbonyl (C=O) groups is 1. The quantitative estimate of drug-likeness (QED) is 0.786. The van der Waals surface area contributed by atoms with Crippen molar-refractivity contribution in [2.24, 2.45) is 0 Å². The summed E-state index contributed by atoms with van der Waals surface area (Å²) >= 11 is 1.58. The molecular formula is C16H16O2S. The van der Waals surface area contributed by atoms with Gasteiger partial charge in [0.2, 0.25) is 0 Å². The molecule has 1 aromatic heterocycles. The monoisotopic (exact) mass is 272 g/mol. The lowest BCUT2D eigenvalue weighted by atomic mass is 10.0. The van der Waals surface area contributed by atoms with E-state index in [0.717, 1.165) is 22.6 Å². The number of carbonyl (C=O) groups excluding carboxylic acids is 1. The number of ether oxygens (including phenoxy) is 1. The summed E-state index contributed by atoms with van der Waals surface area (Å²) < 4.78 is 5.44. The third kappa shape index (κ3) is 2.08. The van der Waals surface area contributed by atoms with Gasteiger partial charge < -0.3 is 4.74 Å². The van der Waals surface area contributed by atoms with Crippen molar-refractivity contribution in [1.29, 1.82) is 0 Å². The molecule has 1 heterocycles. The number of benzene rings is 1. The smallest absolute Gasteiger partial charge is 0.164 e. The van der Waals surface area contributed by atoms with Gasteiger partial charge in [0.15, 0.2) is 5.78 Å². The fraction of sp³-hybridized carbons (Fsp3) is 0.312. The number of rotatable bonds is 3. The zero-order valence-corrected chi connectivity index (χ0v) is 12.0. The molecule has 0 bridgehead atoms. The van der Waals surface area contributed by atoms with Crippen LogP contribution in [0.3, 0.4) is 0 Å². The highest BCUT2D eigenvalue weighted by Gasteiger charge is 2.19. The van der Waals surface area contributed by atoms with E-state index in [-0.39, 0.29) is 5.78 Å². The minimum absolute atomic E-state index is 0.0560. The first-order valence-electron chi connectivity index (χ1n) is 6.49. The van der Waals surface area contributed by atoms with E-state index in [1.165, 1.54) is 24.0 Å². The molecule has 2 aromatic rings. The predicted octanol–water partition coefficient (Wildman–Crippen LogP) is 4.12. The molecule has 0 unspecified atom stereocenters. The van der Waals surface area contributed by atoms with E-state index in [0.29, 0.717) is 5.56 Å². The van der Waals surface area contributed by atoms with E-state index in [2.05, 4.69) is 18.2 Å². The van der Waals surface area contributed by atoms with Crippen LogP contribution in [0.1, 0.15) is 34.8 Å². The van der Waals surface area contributed by atoms with Crippen LogP contribution in [0.15, 0.2) is 23.6 Å². The molecule has 0 spiro atoms. The van der Waals surface area contributed by atoms with E-state index < -0.39 is 0 Å². The van der Waals surface area contributed by atoms with Crippen LogP contribution in [0.4, 0.5) is 0 Å². The van der Waals surface area contributed by atoms with Crippen molar-refractivity contribution >= 4 is 17.1 Å². The van der Waals surface area contributed by atoms with Crippen LogP contribution >= 0.6 is 11.3 Å². The van der Waals surface area contributed by atoms with Crippen LogP contribution in [-0.4, -0.2) is 12.9 Å². The Hall–Kier alpha value is -1.61. The Balaban J connectivity index is 2.09. The molecule has 0 radical (unpaired) electrons. The maximum absolute atomic E-state index is 11.6. The summed E-state index contributed by atoms with van der Waals surface area (Å²) in [5, 5.41) is 1.89. The van der Waals surface area contributed by atoms with Gasteiger partial charge in [0, 0.05) is 5.38 Å². The van der Waals surface area contributed by atoms with Gasteiger partial charge in [-0.15, -0.1) is 11.3 Å². The van der Waals surface area contributed by atoms with Crippen LogP contribution in [0, 0.1) is 0 Å². The molecule has 1 aliphatic carbocycles. The van der Waals surface area contributed by atoms with Gasteiger partial charge in [-0.2, -0.15) is 0 Å². The number of fused-ring (bicyclic) bond motifs is 1. The number of hydrogen-bond acceptors (Lipinski definition) is 3. The van der Waals surface area contributed by atoms with Gasteiger partial charge in [0.05, 0.1) is 17.6 Å². The molecule has 0 amide bonds. The number of Topliss-reactive ketones (excluding diaryl/α,β-unsaturated/α-hetero) is 1. The average Bonchev–Trinajstić information content (AvgIpc) is 3.03. The number of aryl methyl sites for hydroxylation is 2. The highest BCUT2D eigenvalue weighted by molar-refractivity contribution is 7.14. The van der Waals surface area contributed by atoms with Crippen LogP contribution in [-0.2, 0) is 12.8 Å². The largest absolute Gasteiger partial charge is 0.494 e. The van der Waals surface area contributed by atoms with Crippen molar-refractivity contribution in [3.63, 3.8) is 0 Å². The summed E-state index contributed by atoms with van der Waals surface area (Å²) in [4.78, 5) is 12.6. The maximum atomic E-state index is 11.6. The highest BCUT2D eigenvalue weighted by atomic mass is 32.1. The van der Waals surface area contributed by atoms with E-state index in [4.69, 9.17) is 4.74 Å². The van der Waals surface area contributed by atoms with Gasteiger partial charge in [0.1, 0.15) is 5.75 Å². The fourth-order valence-corrected chi connectivity index (χ4v) is 3.78. The SMILES string of the molecule is COc1c(C(C)=O)csc1-c1ccc2c(c1)CCC2. The van der Waals surface area contributed by atoms with Gasteiger partial charge >= 0.3 is 0 Å². The molecular weight excluding hydrogens is 256 g/mol. The first kappa shape index (κ1) is 12.4. The first-order chi connectivity index (χ1) is 9.20. The van der Waals surface area contributed by atoms with Crippen molar-refractivity contribution in [2.45, 2.75) is 26.2 Å². The molecule has 3 heteroatoms. The molecule has 0 aliphatic heterocycles. The second-order valence-corrected chi connectivity index (χ2v) is 5.78.